The molecule has 0 saturated heterocycles. The van der Waals surface area contributed by atoms with Crippen LogP contribution in [0.2, 0.25) is 0 Å². The Morgan fingerprint density at radius 2 is 1.93 bits per heavy atom. The van der Waals surface area contributed by atoms with Crippen molar-refractivity contribution in [2.75, 3.05) is 0 Å². The highest BCUT2D eigenvalue weighted by Crippen LogP contribution is 2.05. The van der Waals surface area contributed by atoms with Crippen LogP contribution in [0, 0.1) is 0 Å². The normalized spacial score (nSPS) is 10.8. The fraction of sp³-hybridized carbons (Fsp3) is 0.200. The number of hydrogen-bond acceptors (Lipinski definition) is 2. The molecule has 0 aliphatic rings. The first kappa shape index (κ1) is 10.2. The molecule has 1 heterocycles. The smallest absolute Gasteiger partial charge is 0.296 e. The van der Waals surface area contributed by atoms with Crippen molar-refractivity contribution < 1.29 is 0 Å². The van der Waals surface area contributed by atoms with Crippen molar-refractivity contribution in [2.45, 2.75) is 5.45 Å². The molecule has 2 rings (SSSR count). The lowest BCUT2D eigenvalue weighted by atomic mass is 10.2. The zero-order valence-electron chi connectivity index (χ0n) is 8.11. The minimum atomic E-state index is -0.310. The number of aryl methyl sites for hydroxylation is 1. The predicted octanol–water partition coefficient (Wildman–Crippen LogP) is 1.05. The summed E-state index contributed by atoms with van der Waals surface area (Å²) < 4.78 is 2.63. The minimum absolute atomic E-state index is 0.212. The van der Waals surface area contributed by atoms with Crippen LogP contribution in [0.5, 0.6) is 0 Å². The van der Waals surface area contributed by atoms with Crippen LogP contribution in [0.4, 0.5) is 0 Å². The van der Waals surface area contributed by atoms with E-state index < -0.39 is 0 Å². The summed E-state index contributed by atoms with van der Waals surface area (Å²) in [4.78, 5) is 23.6. The van der Waals surface area contributed by atoms with Gasteiger partial charge < -0.3 is 0 Å². The van der Waals surface area contributed by atoms with Gasteiger partial charge in [0, 0.05) is 7.05 Å². The van der Waals surface area contributed by atoms with Gasteiger partial charge in [-0.2, -0.15) is 0 Å². The highest BCUT2D eigenvalue weighted by atomic mass is 79.9. The molecule has 1 aromatic carbocycles. The number of fused-ring (bicyclic) bond motifs is 1. The van der Waals surface area contributed by atoms with E-state index in [0.29, 0.717) is 10.9 Å². The molecule has 0 N–H and O–H groups in total. The molecule has 0 radical (unpaired) electrons. The predicted molar refractivity (Wildman–Crippen MR) is 62.4 cm³/mol. The number of hydrogen-bond donors (Lipinski definition) is 0. The molecule has 5 heteroatoms. The van der Waals surface area contributed by atoms with Gasteiger partial charge in [0.1, 0.15) is 0 Å². The zero-order chi connectivity index (χ0) is 11.0. The summed E-state index contributed by atoms with van der Waals surface area (Å²) in [5, 5.41) is 0.555. The number of halogens is 1. The molecule has 0 spiro atoms. The van der Waals surface area contributed by atoms with E-state index >= 15 is 0 Å². The van der Waals surface area contributed by atoms with Crippen molar-refractivity contribution in [3.05, 3.63) is 45.1 Å². The van der Waals surface area contributed by atoms with Gasteiger partial charge in [-0.15, -0.1) is 0 Å². The third kappa shape index (κ3) is 1.43. The molecule has 0 aliphatic carbocycles. The number of aromatic nitrogens is 2. The van der Waals surface area contributed by atoms with Crippen molar-refractivity contribution in [3.8, 4) is 0 Å². The molecule has 15 heavy (non-hydrogen) atoms. The van der Waals surface area contributed by atoms with E-state index in [4.69, 9.17) is 0 Å². The standard InChI is InChI=1S/C10H9BrN2O2/c1-12-8-5-3-2-4-7(8)9(14)13(6-11)10(12)15/h2-5H,6H2,1H3. The molecule has 4 nitrogen and oxygen atoms in total. The minimum Gasteiger partial charge on any atom is -0.296 e. The van der Waals surface area contributed by atoms with Gasteiger partial charge in [-0.3, -0.25) is 9.36 Å². The van der Waals surface area contributed by atoms with Crippen LogP contribution in [0.15, 0.2) is 33.9 Å². The number of benzene rings is 1. The first-order valence-electron chi connectivity index (χ1n) is 4.41. The summed E-state index contributed by atoms with van der Waals surface area (Å²) in [5.74, 6) is 0. The highest BCUT2D eigenvalue weighted by molar-refractivity contribution is 9.08. The van der Waals surface area contributed by atoms with Crippen molar-refractivity contribution in [3.63, 3.8) is 0 Å². The van der Waals surface area contributed by atoms with Crippen molar-refractivity contribution >= 4 is 26.8 Å². The van der Waals surface area contributed by atoms with Gasteiger partial charge in [0.05, 0.1) is 16.4 Å². The molecule has 0 unspecified atom stereocenters. The molecule has 0 atom stereocenters. The molecule has 0 fully saturated rings. The number of para-hydroxylation sites is 1. The van der Waals surface area contributed by atoms with E-state index in [1.54, 1.807) is 31.3 Å². The summed E-state index contributed by atoms with van der Waals surface area (Å²) in [6.07, 6.45) is 0. The summed E-state index contributed by atoms with van der Waals surface area (Å²) in [5.41, 5.74) is 0.300. The van der Waals surface area contributed by atoms with Crippen LogP contribution in [0.25, 0.3) is 10.9 Å². The van der Waals surface area contributed by atoms with Crippen LogP contribution >= 0.6 is 15.9 Å². The van der Waals surface area contributed by atoms with E-state index in [2.05, 4.69) is 15.9 Å². The second-order valence-corrected chi connectivity index (χ2v) is 3.71. The lowest BCUT2D eigenvalue weighted by molar-refractivity contribution is 0.708. The van der Waals surface area contributed by atoms with Crippen molar-refractivity contribution in [1.29, 1.82) is 0 Å². The Labute approximate surface area is 93.9 Å². The van der Waals surface area contributed by atoms with Crippen LogP contribution < -0.4 is 11.2 Å². The Kier molecular flexibility index (Phi) is 2.48. The highest BCUT2D eigenvalue weighted by Gasteiger charge is 2.08. The quantitative estimate of drug-likeness (QED) is 0.726. The largest absolute Gasteiger partial charge is 0.331 e. The molecule has 1 aromatic heterocycles. The lowest BCUT2D eigenvalue weighted by Crippen LogP contribution is -2.37. The topological polar surface area (TPSA) is 44.0 Å². The van der Waals surface area contributed by atoms with Gasteiger partial charge in [-0.25, -0.2) is 9.36 Å². The zero-order valence-corrected chi connectivity index (χ0v) is 9.69. The maximum atomic E-state index is 11.9. The summed E-state index contributed by atoms with van der Waals surface area (Å²) in [6.45, 7) is 0. The first-order valence-corrected chi connectivity index (χ1v) is 5.53. The second-order valence-electron chi connectivity index (χ2n) is 3.21. The van der Waals surface area contributed by atoms with E-state index in [0.717, 1.165) is 4.57 Å². The average Bonchev–Trinajstić information content (AvgIpc) is 2.27. The maximum Gasteiger partial charge on any atom is 0.331 e. The molecular weight excluding hydrogens is 260 g/mol. The molecule has 0 aliphatic heterocycles. The third-order valence-corrected chi connectivity index (χ3v) is 2.88. The van der Waals surface area contributed by atoms with Gasteiger partial charge in [0.2, 0.25) is 0 Å². The Morgan fingerprint density at radius 3 is 2.60 bits per heavy atom. The van der Waals surface area contributed by atoms with Gasteiger partial charge in [0.15, 0.2) is 0 Å². The molecule has 0 amide bonds. The SMILES string of the molecule is Cn1c(=O)n(CBr)c(=O)c2ccccc21. The van der Waals surface area contributed by atoms with Crippen LogP contribution in [-0.2, 0) is 12.5 Å². The molecule has 2 aromatic rings. The van der Waals surface area contributed by atoms with Crippen molar-refractivity contribution in [1.82, 2.24) is 9.13 Å². The van der Waals surface area contributed by atoms with Gasteiger partial charge >= 0.3 is 5.69 Å². The Bertz CT molecular complexity index is 627. The number of alkyl halides is 1. The van der Waals surface area contributed by atoms with Gasteiger partial charge in [-0.05, 0) is 12.1 Å². The first-order chi connectivity index (χ1) is 7.16. The Morgan fingerprint density at radius 1 is 1.27 bits per heavy atom. The van der Waals surface area contributed by atoms with E-state index in [-0.39, 0.29) is 16.7 Å². The second kappa shape index (κ2) is 3.66. The van der Waals surface area contributed by atoms with E-state index in [1.807, 2.05) is 0 Å². The summed E-state index contributed by atoms with van der Waals surface area (Å²) in [6, 6.07) is 7.07. The van der Waals surface area contributed by atoms with Crippen LogP contribution in [-0.4, -0.2) is 9.13 Å². The fourth-order valence-corrected chi connectivity index (χ4v) is 2.01. The molecule has 0 saturated carbocycles. The molecule has 78 valence electrons. The van der Waals surface area contributed by atoms with Crippen LogP contribution in [0.1, 0.15) is 0 Å². The average molecular weight is 269 g/mol. The number of nitrogens with zero attached hydrogens (tertiary/aromatic N) is 2. The van der Waals surface area contributed by atoms with E-state index in [1.165, 1.54) is 4.57 Å². The number of rotatable bonds is 1. The monoisotopic (exact) mass is 268 g/mol. The molecule has 0 bridgehead atoms. The fourth-order valence-electron chi connectivity index (χ4n) is 1.57. The van der Waals surface area contributed by atoms with Crippen molar-refractivity contribution in [2.24, 2.45) is 7.05 Å². The Hall–Kier alpha value is -1.36. The summed E-state index contributed by atoms with van der Waals surface area (Å²) >= 11 is 3.13. The maximum absolute atomic E-state index is 11.9. The van der Waals surface area contributed by atoms with E-state index in [9.17, 15) is 9.59 Å². The third-order valence-electron chi connectivity index (χ3n) is 2.38. The van der Waals surface area contributed by atoms with Gasteiger partial charge in [0.25, 0.3) is 5.56 Å². The lowest BCUT2D eigenvalue weighted by Gasteiger charge is -2.07. The van der Waals surface area contributed by atoms with Crippen LogP contribution in [0.3, 0.4) is 0 Å². The van der Waals surface area contributed by atoms with Gasteiger partial charge in [-0.1, -0.05) is 28.1 Å². The Balaban J connectivity index is 3.10. The molecular formula is C10H9BrN2O2. The summed E-state index contributed by atoms with van der Waals surface area (Å²) in [7, 11) is 1.66.